The first-order chi connectivity index (χ1) is 15.3. The van der Waals surface area contributed by atoms with Crippen LogP contribution in [0.5, 0.6) is 5.75 Å². The second kappa shape index (κ2) is 8.11. The monoisotopic (exact) mass is 435 g/mol. The van der Waals surface area contributed by atoms with Crippen molar-refractivity contribution < 1.29 is 19.2 Å². The van der Waals surface area contributed by atoms with Crippen molar-refractivity contribution in [1.29, 1.82) is 0 Å². The highest BCUT2D eigenvalue weighted by Crippen LogP contribution is 2.56. The second-order valence-corrected chi connectivity index (χ2v) is 8.47. The number of rotatable bonds is 7. The van der Waals surface area contributed by atoms with E-state index in [0.29, 0.717) is 29.8 Å². The number of carbonyl (C=O) groups is 2. The number of carbonyl (C=O) groups excluding carboxylic acids is 2. The number of allylic oxidation sites excluding steroid dienone is 1. The summed E-state index contributed by atoms with van der Waals surface area (Å²) in [6.45, 7) is 0.215. The van der Waals surface area contributed by atoms with Crippen LogP contribution in [0.1, 0.15) is 40.7 Å². The van der Waals surface area contributed by atoms with E-state index in [-0.39, 0.29) is 29.5 Å². The van der Waals surface area contributed by atoms with Crippen molar-refractivity contribution in [3.63, 3.8) is 0 Å². The summed E-state index contributed by atoms with van der Waals surface area (Å²) in [5.41, 5.74) is 0.967. The SMILES string of the molecule is COc1ccc(CN2C(=O)C3(CCC3)c3cc(C(=O)/C=C/N(C)C)cc([N+](=O)[O-])c32)cc1. The van der Waals surface area contributed by atoms with E-state index in [9.17, 15) is 19.7 Å². The lowest BCUT2D eigenvalue weighted by Gasteiger charge is -2.37. The molecule has 1 amide bonds. The van der Waals surface area contributed by atoms with E-state index in [1.165, 1.54) is 17.0 Å². The van der Waals surface area contributed by atoms with E-state index in [0.717, 1.165) is 12.0 Å². The van der Waals surface area contributed by atoms with Gasteiger partial charge in [-0.1, -0.05) is 18.6 Å². The predicted molar refractivity (Wildman–Crippen MR) is 120 cm³/mol. The number of nitro groups is 1. The van der Waals surface area contributed by atoms with Crippen LogP contribution < -0.4 is 9.64 Å². The minimum atomic E-state index is -0.784. The van der Waals surface area contributed by atoms with Crippen LogP contribution in [0.15, 0.2) is 48.7 Å². The number of anilines is 1. The summed E-state index contributed by atoms with van der Waals surface area (Å²) in [5.74, 6) is 0.225. The van der Waals surface area contributed by atoms with Crippen LogP contribution >= 0.6 is 0 Å². The minimum Gasteiger partial charge on any atom is -0.497 e. The Labute approximate surface area is 186 Å². The molecule has 0 radical (unpaired) electrons. The third-order valence-electron chi connectivity index (χ3n) is 6.24. The normalized spacial score (nSPS) is 16.2. The molecule has 8 heteroatoms. The molecule has 0 saturated heterocycles. The van der Waals surface area contributed by atoms with Crippen LogP contribution in [-0.4, -0.2) is 42.7 Å². The smallest absolute Gasteiger partial charge is 0.294 e. The van der Waals surface area contributed by atoms with Crippen molar-refractivity contribution in [3.8, 4) is 5.75 Å². The highest BCUT2D eigenvalue weighted by molar-refractivity contribution is 6.13. The van der Waals surface area contributed by atoms with E-state index >= 15 is 0 Å². The first kappa shape index (κ1) is 21.5. The maximum Gasteiger partial charge on any atom is 0.294 e. The molecule has 0 N–H and O–H groups in total. The zero-order valence-electron chi connectivity index (χ0n) is 18.3. The van der Waals surface area contributed by atoms with Gasteiger partial charge in [0.25, 0.3) is 5.69 Å². The van der Waals surface area contributed by atoms with Crippen LogP contribution in [0.2, 0.25) is 0 Å². The molecule has 2 aromatic carbocycles. The standard InChI is InChI=1S/C24H25N3O5/c1-25(2)12-9-21(28)17-13-19-22(20(14-17)27(30)31)26(23(29)24(19)10-4-11-24)15-16-5-7-18(32-3)8-6-16/h5-9,12-14H,4,10-11,15H2,1-3H3/b12-9+. The zero-order chi connectivity index (χ0) is 23.0. The molecule has 1 aliphatic carbocycles. The lowest BCUT2D eigenvalue weighted by atomic mass is 9.65. The number of hydrogen-bond donors (Lipinski definition) is 0. The topological polar surface area (TPSA) is 93.0 Å². The molecule has 2 aromatic rings. The molecule has 0 unspecified atom stereocenters. The second-order valence-electron chi connectivity index (χ2n) is 8.47. The number of ether oxygens (including phenoxy) is 1. The fourth-order valence-electron chi connectivity index (χ4n) is 4.42. The quantitative estimate of drug-likeness (QED) is 0.284. The van der Waals surface area contributed by atoms with Crippen LogP contribution in [0.3, 0.4) is 0 Å². The van der Waals surface area contributed by atoms with Gasteiger partial charge >= 0.3 is 0 Å². The summed E-state index contributed by atoms with van der Waals surface area (Å²) in [6, 6.07) is 10.2. The third kappa shape index (κ3) is 3.51. The zero-order valence-corrected chi connectivity index (χ0v) is 18.3. The van der Waals surface area contributed by atoms with Crippen LogP contribution in [0, 0.1) is 10.1 Å². The number of ketones is 1. The van der Waals surface area contributed by atoms with E-state index in [1.807, 2.05) is 12.1 Å². The van der Waals surface area contributed by atoms with E-state index in [1.54, 1.807) is 50.5 Å². The Morgan fingerprint density at radius 2 is 1.94 bits per heavy atom. The first-order valence-corrected chi connectivity index (χ1v) is 10.4. The number of benzene rings is 2. The number of amides is 1. The van der Waals surface area contributed by atoms with Gasteiger partial charge in [-0.15, -0.1) is 0 Å². The molecule has 2 aliphatic rings. The predicted octanol–water partition coefficient (Wildman–Crippen LogP) is 3.83. The van der Waals surface area contributed by atoms with Crippen molar-refractivity contribution in [1.82, 2.24) is 4.90 Å². The summed E-state index contributed by atoms with van der Waals surface area (Å²) in [7, 11) is 5.15. The summed E-state index contributed by atoms with van der Waals surface area (Å²) in [5, 5.41) is 12.0. The van der Waals surface area contributed by atoms with Crippen LogP contribution in [-0.2, 0) is 16.8 Å². The maximum absolute atomic E-state index is 13.5. The molecule has 166 valence electrons. The molecule has 0 atom stereocenters. The van der Waals surface area contributed by atoms with Gasteiger partial charge in [0.1, 0.15) is 11.4 Å². The fraction of sp³-hybridized carbons (Fsp3) is 0.333. The van der Waals surface area contributed by atoms with Crippen molar-refractivity contribution in [2.45, 2.75) is 31.2 Å². The number of nitro benzene ring substituents is 1. The van der Waals surface area contributed by atoms with Crippen LogP contribution in [0.4, 0.5) is 11.4 Å². The van der Waals surface area contributed by atoms with Crippen molar-refractivity contribution in [2.75, 3.05) is 26.1 Å². The molecule has 1 fully saturated rings. The number of nitrogens with zero attached hydrogens (tertiary/aromatic N) is 3. The number of fused-ring (bicyclic) bond motifs is 2. The van der Waals surface area contributed by atoms with E-state index < -0.39 is 10.3 Å². The Bertz CT molecular complexity index is 1120. The Kier molecular flexibility index (Phi) is 5.46. The fourth-order valence-corrected chi connectivity index (χ4v) is 4.42. The Morgan fingerprint density at radius 1 is 1.25 bits per heavy atom. The van der Waals surface area contributed by atoms with Crippen molar-refractivity contribution >= 4 is 23.1 Å². The summed E-state index contributed by atoms with van der Waals surface area (Å²) < 4.78 is 5.19. The van der Waals surface area contributed by atoms with E-state index in [4.69, 9.17) is 4.74 Å². The number of methoxy groups -OCH3 is 1. The Hall–Kier alpha value is -3.68. The summed E-state index contributed by atoms with van der Waals surface area (Å²) in [4.78, 5) is 41.0. The molecule has 1 heterocycles. The van der Waals surface area contributed by atoms with E-state index in [2.05, 4.69) is 0 Å². The molecular formula is C24H25N3O5. The Morgan fingerprint density at radius 3 is 2.47 bits per heavy atom. The lowest BCUT2D eigenvalue weighted by molar-refractivity contribution is -0.384. The minimum absolute atomic E-state index is 0.133. The van der Waals surface area contributed by atoms with Gasteiger partial charge in [0.15, 0.2) is 5.78 Å². The molecule has 1 spiro atoms. The maximum atomic E-state index is 13.5. The van der Waals surface area contributed by atoms with Gasteiger partial charge in [0.05, 0.1) is 24.0 Å². The van der Waals surface area contributed by atoms with Crippen molar-refractivity contribution in [3.05, 3.63) is 75.5 Å². The molecule has 0 aromatic heterocycles. The average molecular weight is 435 g/mol. The van der Waals surface area contributed by atoms with Gasteiger partial charge in [-0.05, 0) is 42.2 Å². The molecule has 1 aliphatic heterocycles. The molecule has 4 rings (SSSR count). The molecule has 8 nitrogen and oxygen atoms in total. The lowest BCUT2D eigenvalue weighted by Crippen LogP contribution is -2.44. The van der Waals surface area contributed by atoms with Gasteiger partial charge in [-0.3, -0.25) is 19.7 Å². The van der Waals surface area contributed by atoms with Gasteiger partial charge in [-0.2, -0.15) is 0 Å². The van der Waals surface area contributed by atoms with Gasteiger partial charge < -0.3 is 14.5 Å². The number of hydrogen-bond acceptors (Lipinski definition) is 6. The first-order valence-electron chi connectivity index (χ1n) is 10.4. The molecule has 32 heavy (non-hydrogen) atoms. The average Bonchev–Trinajstić information content (AvgIpc) is 2.99. The molecule has 0 bridgehead atoms. The van der Waals surface area contributed by atoms with Gasteiger partial charge in [0.2, 0.25) is 5.91 Å². The molecular weight excluding hydrogens is 410 g/mol. The summed E-state index contributed by atoms with van der Waals surface area (Å²) >= 11 is 0. The highest BCUT2D eigenvalue weighted by atomic mass is 16.6. The Balaban J connectivity index is 1.81. The molecule has 1 saturated carbocycles. The third-order valence-corrected chi connectivity index (χ3v) is 6.24. The highest BCUT2D eigenvalue weighted by Gasteiger charge is 2.56. The largest absolute Gasteiger partial charge is 0.497 e. The van der Waals surface area contributed by atoms with Crippen LogP contribution in [0.25, 0.3) is 0 Å². The van der Waals surface area contributed by atoms with Crippen molar-refractivity contribution in [2.24, 2.45) is 0 Å². The van der Waals surface area contributed by atoms with Gasteiger partial charge in [0, 0.05) is 38.0 Å². The van der Waals surface area contributed by atoms with Gasteiger partial charge in [-0.25, -0.2) is 0 Å². The summed E-state index contributed by atoms with van der Waals surface area (Å²) in [6.07, 6.45) is 5.10.